The molecule has 25 heavy (non-hydrogen) atoms. The van der Waals surface area contributed by atoms with Crippen molar-refractivity contribution in [3.8, 4) is 28.0 Å². The number of rotatable bonds is 2. The Balaban J connectivity index is 1.75. The second kappa shape index (κ2) is 6.23. The summed E-state index contributed by atoms with van der Waals surface area (Å²) in [5, 5.41) is 12.1. The molecule has 0 spiro atoms. The summed E-state index contributed by atoms with van der Waals surface area (Å²) in [6, 6.07) is 23.4. The molecule has 0 radical (unpaired) electrons. The largest absolute Gasteiger partial charge is 0.508 e. The Kier molecular flexibility index (Phi) is 3.90. The zero-order chi connectivity index (χ0) is 17.4. The third-order valence-electron chi connectivity index (χ3n) is 4.28. The van der Waals surface area contributed by atoms with Crippen LogP contribution in [0.25, 0.3) is 33.0 Å². The van der Waals surface area contributed by atoms with E-state index < -0.39 is 0 Å². The van der Waals surface area contributed by atoms with Crippen LogP contribution in [0.2, 0.25) is 5.02 Å². The molecule has 0 saturated heterocycles. The van der Waals surface area contributed by atoms with Gasteiger partial charge < -0.3 is 5.11 Å². The number of hydrogen-bond acceptors (Lipinski definition) is 1. The van der Waals surface area contributed by atoms with Crippen molar-refractivity contribution in [1.82, 2.24) is 0 Å². The van der Waals surface area contributed by atoms with Crippen LogP contribution in [0.15, 0.2) is 78.9 Å². The monoisotopic (exact) mass is 348 g/mol. The normalized spacial score (nSPS) is 11.0. The second-order valence-corrected chi connectivity index (χ2v) is 6.38. The van der Waals surface area contributed by atoms with Crippen molar-refractivity contribution >= 4 is 22.4 Å². The van der Waals surface area contributed by atoms with Crippen LogP contribution < -0.4 is 0 Å². The summed E-state index contributed by atoms with van der Waals surface area (Å²) >= 11 is 5.89. The lowest BCUT2D eigenvalue weighted by atomic mass is 9.98. The van der Waals surface area contributed by atoms with Gasteiger partial charge in [0.25, 0.3) is 0 Å². The van der Waals surface area contributed by atoms with Crippen LogP contribution in [0, 0.1) is 5.82 Å². The van der Waals surface area contributed by atoms with E-state index in [9.17, 15) is 9.50 Å². The number of fused-ring (bicyclic) bond motifs is 1. The van der Waals surface area contributed by atoms with Gasteiger partial charge in [0.2, 0.25) is 0 Å². The topological polar surface area (TPSA) is 20.2 Å². The van der Waals surface area contributed by atoms with Crippen molar-refractivity contribution in [3.63, 3.8) is 0 Å². The zero-order valence-electron chi connectivity index (χ0n) is 13.2. The number of phenols is 1. The third-order valence-corrected chi connectivity index (χ3v) is 4.53. The Morgan fingerprint density at radius 2 is 1.24 bits per heavy atom. The van der Waals surface area contributed by atoms with Gasteiger partial charge in [-0.3, -0.25) is 0 Å². The Morgan fingerprint density at radius 1 is 0.640 bits per heavy atom. The molecule has 0 bridgehead atoms. The molecular weight excluding hydrogens is 335 g/mol. The summed E-state index contributed by atoms with van der Waals surface area (Å²) in [6.45, 7) is 0. The minimum Gasteiger partial charge on any atom is -0.508 e. The molecule has 4 aromatic rings. The average Bonchev–Trinajstić information content (AvgIpc) is 2.62. The van der Waals surface area contributed by atoms with Crippen LogP contribution in [-0.4, -0.2) is 5.11 Å². The molecule has 1 nitrogen and oxygen atoms in total. The van der Waals surface area contributed by atoms with E-state index in [1.54, 1.807) is 36.4 Å². The van der Waals surface area contributed by atoms with Crippen molar-refractivity contribution in [2.45, 2.75) is 0 Å². The molecule has 0 aliphatic rings. The molecule has 0 unspecified atom stereocenters. The van der Waals surface area contributed by atoms with Crippen molar-refractivity contribution in [2.75, 3.05) is 0 Å². The van der Waals surface area contributed by atoms with Gasteiger partial charge in [0.1, 0.15) is 11.6 Å². The minimum atomic E-state index is -0.273. The maximum atomic E-state index is 14.6. The van der Waals surface area contributed by atoms with Crippen LogP contribution in [0.1, 0.15) is 0 Å². The van der Waals surface area contributed by atoms with Crippen LogP contribution in [-0.2, 0) is 0 Å². The summed E-state index contributed by atoms with van der Waals surface area (Å²) in [5.74, 6) is -0.0377. The molecule has 0 heterocycles. The maximum Gasteiger partial charge on any atom is 0.131 e. The molecule has 0 aliphatic carbocycles. The quantitative estimate of drug-likeness (QED) is 0.428. The highest BCUT2D eigenvalue weighted by atomic mass is 35.5. The van der Waals surface area contributed by atoms with Gasteiger partial charge in [0, 0.05) is 10.6 Å². The Bertz CT molecular complexity index is 1070. The molecule has 0 saturated carbocycles. The van der Waals surface area contributed by atoms with E-state index in [-0.39, 0.29) is 11.6 Å². The SMILES string of the molecule is Oc1ccc2cc(-c3ccc(-c4ccc(Cl)cc4)c(F)c3)ccc2c1. The van der Waals surface area contributed by atoms with Gasteiger partial charge in [-0.2, -0.15) is 0 Å². The number of hydrogen-bond donors (Lipinski definition) is 1. The fourth-order valence-corrected chi connectivity index (χ4v) is 3.10. The summed E-state index contributed by atoms with van der Waals surface area (Å²) in [7, 11) is 0. The van der Waals surface area contributed by atoms with Gasteiger partial charge in [-0.15, -0.1) is 0 Å². The molecule has 0 atom stereocenters. The van der Waals surface area contributed by atoms with E-state index in [1.807, 2.05) is 42.5 Å². The summed E-state index contributed by atoms with van der Waals surface area (Å²) in [4.78, 5) is 0. The van der Waals surface area contributed by atoms with Gasteiger partial charge in [0.05, 0.1) is 0 Å². The number of halogens is 2. The lowest BCUT2D eigenvalue weighted by molar-refractivity contribution is 0.476. The summed E-state index contributed by atoms with van der Waals surface area (Å²) < 4.78 is 14.6. The van der Waals surface area contributed by atoms with E-state index in [4.69, 9.17) is 11.6 Å². The van der Waals surface area contributed by atoms with Crippen molar-refractivity contribution in [1.29, 1.82) is 0 Å². The smallest absolute Gasteiger partial charge is 0.131 e. The van der Waals surface area contributed by atoms with Gasteiger partial charge in [-0.25, -0.2) is 4.39 Å². The first kappa shape index (κ1) is 15.7. The fourth-order valence-electron chi connectivity index (χ4n) is 2.97. The van der Waals surface area contributed by atoms with Crippen LogP contribution in [0.5, 0.6) is 5.75 Å². The summed E-state index contributed by atoms with van der Waals surface area (Å²) in [6.07, 6.45) is 0. The van der Waals surface area contributed by atoms with Crippen molar-refractivity contribution < 1.29 is 9.50 Å². The van der Waals surface area contributed by atoms with Crippen molar-refractivity contribution in [3.05, 3.63) is 89.7 Å². The fraction of sp³-hybridized carbons (Fsp3) is 0. The highest BCUT2D eigenvalue weighted by Gasteiger charge is 2.08. The van der Waals surface area contributed by atoms with E-state index in [0.717, 1.165) is 27.5 Å². The van der Waals surface area contributed by atoms with Crippen LogP contribution in [0.3, 0.4) is 0 Å². The molecule has 3 heteroatoms. The van der Waals surface area contributed by atoms with Gasteiger partial charge in [0.15, 0.2) is 0 Å². The van der Waals surface area contributed by atoms with Crippen molar-refractivity contribution in [2.24, 2.45) is 0 Å². The lowest BCUT2D eigenvalue weighted by Crippen LogP contribution is -1.87. The highest BCUT2D eigenvalue weighted by Crippen LogP contribution is 2.31. The Morgan fingerprint density at radius 3 is 2.00 bits per heavy atom. The highest BCUT2D eigenvalue weighted by molar-refractivity contribution is 6.30. The number of aromatic hydroxyl groups is 1. The van der Waals surface area contributed by atoms with E-state index in [2.05, 4.69) is 0 Å². The van der Waals surface area contributed by atoms with E-state index >= 15 is 0 Å². The first-order chi connectivity index (χ1) is 12.1. The summed E-state index contributed by atoms with van der Waals surface area (Å²) in [5.41, 5.74) is 3.08. The van der Waals surface area contributed by atoms with Crippen LogP contribution in [0.4, 0.5) is 4.39 Å². The zero-order valence-corrected chi connectivity index (χ0v) is 14.0. The molecule has 1 N–H and O–H groups in total. The molecule has 0 fully saturated rings. The first-order valence-electron chi connectivity index (χ1n) is 7.89. The standard InChI is InChI=1S/C22H14ClFO/c23-19-7-3-14(4-8-19)21-10-6-18(13-22(21)24)15-1-2-17-12-20(25)9-5-16(17)11-15/h1-13,25H. The molecule has 0 amide bonds. The maximum absolute atomic E-state index is 14.6. The van der Waals surface area contributed by atoms with Gasteiger partial charge in [-0.1, -0.05) is 54.1 Å². The predicted octanol–water partition coefficient (Wildman–Crippen LogP) is 6.67. The predicted molar refractivity (Wildman–Crippen MR) is 101 cm³/mol. The molecular formula is C22H14ClFO. The molecule has 122 valence electrons. The molecule has 4 aromatic carbocycles. The number of benzene rings is 4. The Hall–Kier alpha value is -2.84. The number of phenolic OH excluding ortho intramolecular Hbond substituents is 1. The second-order valence-electron chi connectivity index (χ2n) is 5.95. The minimum absolute atomic E-state index is 0.235. The molecule has 0 aliphatic heterocycles. The molecule has 0 aromatic heterocycles. The van der Waals surface area contributed by atoms with Gasteiger partial charge in [-0.05, 0) is 63.9 Å². The third kappa shape index (κ3) is 3.09. The van der Waals surface area contributed by atoms with E-state index in [1.165, 1.54) is 0 Å². The molecule has 4 rings (SSSR count). The van der Waals surface area contributed by atoms with Gasteiger partial charge >= 0.3 is 0 Å². The average molecular weight is 349 g/mol. The lowest BCUT2D eigenvalue weighted by Gasteiger charge is -2.08. The van der Waals surface area contributed by atoms with E-state index in [0.29, 0.717) is 10.6 Å². The first-order valence-corrected chi connectivity index (χ1v) is 8.27. The van der Waals surface area contributed by atoms with Crippen LogP contribution >= 0.6 is 11.6 Å². The Labute approximate surface area is 149 Å².